The van der Waals surface area contributed by atoms with Crippen molar-refractivity contribution in [1.29, 1.82) is 0 Å². The zero-order chi connectivity index (χ0) is 18.9. The normalized spacial score (nSPS) is 53.4. The molecule has 0 bridgehead atoms. The summed E-state index contributed by atoms with van der Waals surface area (Å²) >= 11 is 0. The molecule has 0 amide bonds. The van der Waals surface area contributed by atoms with Gasteiger partial charge in [-0.1, -0.05) is 13.8 Å². The summed E-state index contributed by atoms with van der Waals surface area (Å²) in [7, 11) is 0. The van der Waals surface area contributed by atoms with Gasteiger partial charge in [0.1, 0.15) is 17.5 Å². The van der Waals surface area contributed by atoms with E-state index < -0.39 is 17.8 Å². The summed E-state index contributed by atoms with van der Waals surface area (Å²) in [6.07, 6.45) is 4.54. The SMILES string of the molecule is CC(=O)OC1CC2C3CCC(=O)C3(C)CCC2C2(C)CCC(O)C[C@]12O. The molecular formula is C21H32O5. The minimum absolute atomic E-state index is 0.248. The van der Waals surface area contributed by atoms with Crippen molar-refractivity contribution in [1.82, 2.24) is 0 Å². The van der Waals surface area contributed by atoms with Crippen molar-refractivity contribution in [3.8, 4) is 0 Å². The van der Waals surface area contributed by atoms with Crippen LogP contribution in [-0.2, 0) is 14.3 Å². The number of Topliss-reactive ketones (excluding diaryl/α,β-unsaturated/α-hetero) is 1. The summed E-state index contributed by atoms with van der Waals surface area (Å²) < 4.78 is 5.65. The first kappa shape index (κ1) is 18.4. The van der Waals surface area contributed by atoms with Gasteiger partial charge in [0.25, 0.3) is 0 Å². The Kier molecular flexibility index (Phi) is 4.09. The molecule has 0 aliphatic heterocycles. The Labute approximate surface area is 155 Å². The molecule has 4 fully saturated rings. The Morgan fingerprint density at radius 3 is 2.58 bits per heavy atom. The van der Waals surface area contributed by atoms with Gasteiger partial charge in [-0.2, -0.15) is 0 Å². The van der Waals surface area contributed by atoms with E-state index in [2.05, 4.69) is 13.8 Å². The maximum absolute atomic E-state index is 12.6. The predicted octanol–water partition coefficient (Wildman–Crippen LogP) is 2.62. The van der Waals surface area contributed by atoms with Crippen molar-refractivity contribution in [2.75, 3.05) is 0 Å². The van der Waals surface area contributed by atoms with Gasteiger partial charge in [-0.25, -0.2) is 0 Å². The van der Waals surface area contributed by atoms with Gasteiger partial charge in [0.2, 0.25) is 0 Å². The highest BCUT2D eigenvalue weighted by Gasteiger charge is 2.68. The molecule has 4 saturated carbocycles. The highest BCUT2D eigenvalue weighted by Crippen LogP contribution is 2.66. The molecule has 8 atom stereocenters. The number of fused-ring (bicyclic) bond motifs is 5. The third kappa shape index (κ3) is 2.29. The topological polar surface area (TPSA) is 83.8 Å². The first-order valence-corrected chi connectivity index (χ1v) is 10.2. The van der Waals surface area contributed by atoms with Crippen molar-refractivity contribution >= 4 is 11.8 Å². The lowest BCUT2D eigenvalue weighted by Crippen LogP contribution is -2.69. The number of aliphatic hydroxyl groups is 2. The van der Waals surface area contributed by atoms with E-state index in [-0.39, 0.29) is 23.2 Å². The number of hydrogen-bond donors (Lipinski definition) is 2. The minimum Gasteiger partial charge on any atom is -0.459 e. The molecule has 4 aliphatic carbocycles. The van der Waals surface area contributed by atoms with Crippen LogP contribution in [0.2, 0.25) is 0 Å². The van der Waals surface area contributed by atoms with Crippen LogP contribution in [0.3, 0.4) is 0 Å². The second-order valence-corrected chi connectivity index (χ2v) is 9.87. The molecule has 146 valence electrons. The van der Waals surface area contributed by atoms with Crippen LogP contribution in [0, 0.1) is 28.6 Å². The van der Waals surface area contributed by atoms with E-state index in [1.165, 1.54) is 6.92 Å². The summed E-state index contributed by atoms with van der Waals surface area (Å²) in [5.74, 6) is 0.932. The Hall–Kier alpha value is -0.940. The number of hydrogen-bond acceptors (Lipinski definition) is 5. The highest BCUT2D eigenvalue weighted by molar-refractivity contribution is 5.87. The standard InChI is InChI=1S/C21H32O5/c1-12(22)26-18-10-14-15-4-5-17(24)19(15,2)8-7-16(14)20(3)9-6-13(23)11-21(18,20)25/h13-16,18,23,25H,4-11H2,1-3H3/t13?,14?,15?,16?,18?,19?,20?,21-/m0/s1. The van der Waals surface area contributed by atoms with Crippen LogP contribution in [0.5, 0.6) is 0 Å². The third-order valence-electron chi connectivity index (χ3n) is 8.82. The van der Waals surface area contributed by atoms with Crippen molar-refractivity contribution in [2.45, 2.75) is 89.9 Å². The van der Waals surface area contributed by atoms with Gasteiger partial charge in [0.05, 0.1) is 6.10 Å². The second kappa shape index (κ2) is 5.78. The Bertz CT molecular complexity index is 632. The molecule has 4 rings (SSSR count). The van der Waals surface area contributed by atoms with E-state index >= 15 is 0 Å². The molecule has 0 radical (unpaired) electrons. The van der Waals surface area contributed by atoms with Crippen molar-refractivity contribution in [3.63, 3.8) is 0 Å². The van der Waals surface area contributed by atoms with Crippen LogP contribution < -0.4 is 0 Å². The number of esters is 1. The molecule has 0 aromatic heterocycles. The Morgan fingerprint density at radius 2 is 1.88 bits per heavy atom. The van der Waals surface area contributed by atoms with Crippen LogP contribution in [-0.4, -0.2) is 39.8 Å². The molecule has 0 heterocycles. The average Bonchev–Trinajstić information content (AvgIpc) is 2.85. The van der Waals surface area contributed by atoms with Gasteiger partial charge >= 0.3 is 5.97 Å². The third-order valence-corrected chi connectivity index (χ3v) is 8.82. The molecule has 7 unspecified atom stereocenters. The molecule has 0 saturated heterocycles. The van der Waals surface area contributed by atoms with Crippen molar-refractivity contribution in [2.24, 2.45) is 28.6 Å². The number of carbonyl (C=O) groups is 2. The van der Waals surface area contributed by atoms with E-state index in [1.54, 1.807) is 0 Å². The molecule has 0 aromatic carbocycles. The largest absolute Gasteiger partial charge is 0.459 e. The average molecular weight is 364 g/mol. The number of aliphatic hydroxyl groups excluding tert-OH is 1. The highest BCUT2D eigenvalue weighted by atomic mass is 16.6. The van der Waals surface area contributed by atoms with E-state index in [0.29, 0.717) is 42.8 Å². The Morgan fingerprint density at radius 1 is 1.15 bits per heavy atom. The van der Waals surface area contributed by atoms with Gasteiger partial charge in [0.15, 0.2) is 0 Å². The molecule has 5 nitrogen and oxygen atoms in total. The molecule has 2 N–H and O–H groups in total. The summed E-state index contributed by atoms with van der Waals surface area (Å²) in [5.41, 5.74) is -1.82. The van der Waals surface area contributed by atoms with Crippen LogP contribution >= 0.6 is 0 Å². The summed E-state index contributed by atoms with van der Waals surface area (Å²) in [5, 5.41) is 22.0. The summed E-state index contributed by atoms with van der Waals surface area (Å²) in [4.78, 5) is 24.3. The molecule has 0 spiro atoms. The monoisotopic (exact) mass is 364 g/mol. The van der Waals surface area contributed by atoms with E-state index in [0.717, 1.165) is 25.7 Å². The molecular weight excluding hydrogens is 332 g/mol. The molecule has 5 heteroatoms. The maximum atomic E-state index is 12.6. The van der Waals surface area contributed by atoms with Gasteiger partial charge < -0.3 is 14.9 Å². The van der Waals surface area contributed by atoms with Crippen molar-refractivity contribution in [3.05, 3.63) is 0 Å². The number of ether oxygens (including phenoxy) is 1. The van der Waals surface area contributed by atoms with Crippen LogP contribution in [0.25, 0.3) is 0 Å². The summed E-state index contributed by atoms with van der Waals surface area (Å²) in [6.45, 7) is 5.64. The first-order chi connectivity index (χ1) is 12.1. The first-order valence-electron chi connectivity index (χ1n) is 10.2. The zero-order valence-electron chi connectivity index (χ0n) is 16.2. The second-order valence-electron chi connectivity index (χ2n) is 9.87. The fourth-order valence-corrected chi connectivity index (χ4v) is 7.35. The van der Waals surface area contributed by atoms with Crippen LogP contribution in [0.1, 0.15) is 72.1 Å². The number of ketones is 1. The van der Waals surface area contributed by atoms with Crippen molar-refractivity contribution < 1.29 is 24.5 Å². The molecule has 0 aromatic rings. The summed E-state index contributed by atoms with van der Waals surface area (Å²) in [6, 6.07) is 0. The molecule has 26 heavy (non-hydrogen) atoms. The number of carbonyl (C=O) groups excluding carboxylic acids is 2. The lowest BCUT2D eigenvalue weighted by molar-refractivity contribution is -0.267. The van der Waals surface area contributed by atoms with E-state index in [1.807, 2.05) is 0 Å². The van der Waals surface area contributed by atoms with Crippen LogP contribution in [0.15, 0.2) is 0 Å². The predicted molar refractivity (Wildman–Crippen MR) is 95.1 cm³/mol. The quantitative estimate of drug-likeness (QED) is 0.699. The molecule has 4 aliphatic rings. The van der Waals surface area contributed by atoms with Gasteiger partial charge in [-0.3, -0.25) is 9.59 Å². The van der Waals surface area contributed by atoms with E-state index in [9.17, 15) is 19.8 Å². The van der Waals surface area contributed by atoms with Gasteiger partial charge in [0, 0.05) is 30.6 Å². The number of rotatable bonds is 1. The smallest absolute Gasteiger partial charge is 0.303 e. The van der Waals surface area contributed by atoms with Gasteiger partial charge in [-0.05, 0) is 56.3 Å². The zero-order valence-corrected chi connectivity index (χ0v) is 16.2. The fourth-order valence-electron chi connectivity index (χ4n) is 7.35. The lowest BCUT2D eigenvalue weighted by atomic mass is 9.43. The minimum atomic E-state index is -1.19. The maximum Gasteiger partial charge on any atom is 0.303 e. The van der Waals surface area contributed by atoms with Gasteiger partial charge in [-0.15, -0.1) is 0 Å². The Balaban J connectivity index is 1.75. The fraction of sp³-hybridized carbons (Fsp3) is 0.905. The lowest BCUT2D eigenvalue weighted by Gasteiger charge is -2.65. The van der Waals surface area contributed by atoms with E-state index in [4.69, 9.17) is 4.74 Å². The van der Waals surface area contributed by atoms with Crippen LogP contribution in [0.4, 0.5) is 0 Å².